The standard InChI is InChI=1S/C8H15NO3/c1-4-7(11)8(12)6-5(10)2-3-9(4)6/h4-8,10-12H,2-3H2,1H3/t4-,5+,6-,7-,8-/m1/s1. The zero-order chi connectivity index (χ0) is 8.88. The molecule has 2 saturated heterocycles. The topological polar surface area (TPSA) is 63.9 Å². The summed E-state index contributed by atoms with van der Waals surface area (Å²) in [5, 5.41) is 28.5. The molecule has 2 aliphatic rings. The number of rotatable bonds is 0. The lowest BCUT2D eigenvalue weighted by Crippen LogP contribution is -2.38. The van der Waals surface area contributed by atoms with Crippen LogP contribution < -0.4 is 0 Å². The van der Waals surface area contributed by atoms with E-state index in [1.165, 1.54) is 0 Å². The minimum atomic E-state index is -0.780. The van der Waals surface area contributed by atoms with Crippen LogP contribution in [-0.4, -0.2) is 57.2 Å². The molecule has 0 saturated carbocycles. The molecule has 0 radical (unpaired) electrons. The van der Waals surface area contributed by atoms with Crippen LogP contribution in [0.25, 0.3) is 0 Å². The van der Waals surface area contributed by atoms with Crippen molar-refractivity contribution in [2.45, 2.75) is 43.7 Å². The Morgan fingerprint density at radius 3 is 2.42 bits per heavy atom. The summed E-state index contributed by atoms with van der Waals surface area (Å²) >= 11 is 0. The van der Waals surface area contributed by atoms with Gasteiger partial charge in [-0.1, -0.05) is 0 Å². The smallest absolute Gasteiger partial charge is 0.0994 e. The number of hydrogen-bond acceptors (Lipinski definition) is 4. The van der Waals surface area contributed by atoms with Crippen molar-refractivity contribution in [3.8, 4) is 0 Å². The summed E-state index contributed by atoms with van der Waals surface area (Å²) in [6.45, 7) is 2.66. The average molecular weight is 173 g/mol. The highest BCUT2D eigenvalue weighted by molar-refractivity contribution is 5.05. The van der Waals surface area contributed by atoms with E-state index >= 15 is 0 Å². The van der Waals surface area contributed by atoms with Gasteiger partial charge in [-0.05, 0) is 13.3 Å². The van der Waals surface area contributed by atoms with Crippen LogP contribution in [0, 0.1) is 0 Å². The van der Waals surface area contributed by atoms with Crippen molar-refractivity contribution >= 4 is 0 Å². The van der Waals surface area contributed by atoms with E-state index < -0.39 is 18.3 Å². The number of fused-ring (bicyclic) bond motifs is 1. The molecule has 0 aliphatic carbocycles. The van der Waals surface area contributed by atoms with Crippen LogP contribution in [0.2, 0.25) is 0 Å². The maximum Gasteiger partial charge on any atom is 0.0994 e. The van der Waals surface area contributed by atoms with E-state index in [0.29, 0.717) is 6.42 Å². The fourth-order valence-electron chi connectivity index (χ4n) is 2.40. The fraction of sp³-hybridized carbons (Fsp3) is 1.00. The third kappa shape index (κ3) is 0.925. The van der Waals surface area contributed by atoms with Crippen molar-refractivity contribution < 1.29 is 15.3 Å². The van der Waals surface area contributed by atoms with Gasteiger partial charge >= 0.3 is 0 Å². The molecule has 2 rings (SSSR count). The van der Waals surface area contributed by atoms with Gasteiger partial charge in [-0.15, -0.1) is 0 Å². The molecular formula is C8H15NO3. The van der Waals surface area contributed by atoms with E-state index in [1.807, 2.05) is 11.8 Å². The normalized spacial score (nSPS) is 54.5. The van der Waals surface area contributed by atoms with E-state index in [1.54, 1.807) is 0 Å². The molecular weight excluding hydrogens is 158 g/mol. The summed E-state index contributed by atoms with van der Waals surface area (Å²) in [5.41, 5.74) is 0. The SMILES string of the molecule is C[C@@H]1[C@@H](O)[C@H](O)[C@H]2[C@@H](O)CCN21. The molecule has 0 aromatic rings. The molecule has 12 heavy (non-hydrogen) atoms. The summed E-state index contributed by atoms with van der Waals surface area (Å²) < 4.78 is 0. The Bertz CT molecular complexity index is 187. The highest BCUT2D eigenvalue weighted by Crippen LogP contribution is 2.32. The van der Waals surface area contributed by atoms with Crippen LogP contribution in [-0.2, 0) is 0 Å². The molecule has 0 aromatic heterocycles. The number of nitrogens with zero attached hydrogens (tertiary/aromatic N) is 1. The van der Waals surface area contributed by atoms with Gasteiger partial charge in [-0.2, -0.15) is 0 Å². The predicted molar refractivity (Wildman–Crippen MR) is 42.6 cm³/mol. The van der Waals surface area contributed by atoms with E-state index in [-0.39, 0.29) is 12.1 Å². The third-order valence-electron chi connectivity index (χ3n) is 3.18. The zero-order valence-corrected chi connectivity index (χ0v) is 7.09. The summed E-state index contributed by atoms with van der Waals surface area (Å²) in [4.78, 5) is 1.99. The van der Waals surface area contributed by atoms with E-state index in [9.17, 15) is 15.3 Å². The van der Waals surface area contributed by atoms with Crippen LogP contribution in [0.1, 0.15) is 13.3 Å². The third-order valence-corrected chi connectivity index (χ3v) is 3.18. The molecule has 0 unspecified atom stereocenters. The molecule has 0 spiro atoms. The Kier molecular flexibility index (Phi) is 1.88. The second kappa shape index (κ2) is 2.67. The van der Waals surface area contributed by atoms with E-state index in [0.717, 1.165) is 6.54 Å². The van der Waals surface area contributed by atoms with Gasteiger partial charge in [0.05, 0.1) is 24.4 Å². The predicted octanol–water partition coefficient (Wildman–Crippen LogP) is -1.45. The van der Waals surface area contributed by atoms with Gasteiger partial charge in [0, 0.05) is 12.6 Å². The van der Waals surface area contributed by atoms with Crippen LogP contribution in [0.15, 0.2) is 0 Å². The van der Waals surface area contributed by atoms with Crippen molar-refractivity contribution in [3.05, 3.63) is 0 Å². The molecule has 70 valence electrons. The molecule has 0 aromatic carbocycles. The summed E-state index contributed by atoms with van der Waals surface area (Å²) in [7, 11) is 0. The number of aliphatic hydroxyl groups is 3. The summed E-state index contributed by atoms with van der Waals surface area (Å²) in [6, 6.07) is -0.267. The first-order valence-electron chi connectivity index (χ1n) is 4.43. The first-order chi connectivity index (χ1) is 5.63. The highest BCUT2D eigenvalue weighted by atomic mass is 16.3. The van der Waals surface area contributed by atoms with Crippen molar-refractivity contribution in [3.63, 3.8) is 0 Å². The minimum absolute atomic E-state index is 0.0258. The van der Waals surface area contributed by atoms with Crippen LogP contribution in [0.4, 0.5) is 0 Å². The lowest BCUT2D eigenvalue weighted by Gasteiger charge is -2.20. The van der Waals surface area contributed by atoms with Crippen molar-refractivity contribution in [1.29, 1.82) is 0 Å². The largest absolute Gasteiger partial charge is 0.391 e. The molecule has 4 heteroatoms. The summed E-state index contributed by atoms with van der Waals surface area (Å²) in [5.74, 6) is 0. The first kappa shape index (κ1) is 8.44. The van der Waals surface area contributed by atoms with Gasteiger partial charge in [0.1, 0.15) is 0 Å². The molecule has 5 atom stereocenters. The number of aliphatic hydroxyl groups excluding tert-OH is 3. The van der Waals surface area contributed by atoms with Gasteiger partial charge < -0.3 is 15.3 Å². The monoisotopic (exact) mass is 173 g/mol. The Morgan fingerprint density at radius 2 is 1.83 bits per heavy atom. The maximum absolute atomic E-state index is 9.56. The van der Waals surface area contributed by atoms with Crippen molar-refractivity contribution in [1.82, 2.24) is 4.90 Å². The van der Waals surface area contributed by atoms with Crippen LogP contribution in [0.3, 0.4) is 0 Å². The summed E-state index contributed by atoms with van der Waals surface area (Å²) in [6.07, 6.45) is -1.25. The van der Waals surface area contributed by atoms with Gasteiger partial charge in [0.15, 0.2) is 0 Å². The molecule has 2 fully saturated rings. The van der Waals surface area contributed by atoms with E-state index in [4.69, 9.17) is 0 Å². The lowest BCUT2D eigenvalue weighted by atomic mass is 10.0. The molecule has 0 bridgehead atoms. The van der Waals surface area contributed by atoms with E-state index in [2.05, 4.69) is 0 Å². The molecule has 0 amide bonds. The Balaban J connectivity index is 2.20. The second-order valence-electron chi connectivity index (χ2n) is 3.81. The van der Waals surface area contributed by atoms with Gasteiger partial charge in [-0.25, -0.2) is 0 Å². The quantitative estimate of drug-likeness (QED) is 0.419. The average Bonchev–Trinajstić information content (AvgIpc) is 2.51. The maximum atomic E-state index is 9.56. The zero-order valence-electron chi connectivity index (χ0n) is 7.09. The molecule has 4 nitrogen and oxygen atoms in total. The van der Waals surface area contributed by atoms with Gasteiger partial charge in [0.2, 0.25) is 0 Å². The Hall–Kier alpha value is -0.160. The van der Waals surface area contributed by atoms with Crippen molar-refractivity contribution in [2.75, 3.05) is 6.54 Å². The molecule has 3 N–H and O–H groups in total. The Labute approximate surface area is 71.4 Å². The van der Waals surface area contributed by atoms with Gasteiger partial charge in [-0.3, -0.25) is 4.90 Å². The van der Waals surface area contributed by atoms with Gasteiger partial charge in [0.25, 0.3) is 0 Å². The van der Waals surface area contributed by atoms with Crippen molar-refractivity contribution in [2.24, 2.45) is 0 Å². The Morgan fingerprint density at radius 1 is 1.17 bits per heavy atom. The molecule has 2 heterocycles. The minimum Gasteiger partial charge on any atom is -0.391 e. The first-order valence-corrected chi connectivity index (χ1v) is 4.43. The molecule has 2 aliphatic heterocycles. The fourth-order valence-corrected chi connectivity index (χ4v) is 2.40. The number of hydrogen-bond donors (Lipinski definition) is 3. The van der Waals surface area contributed by atoms with Crippen LogP contribution in [0.5, 0.6) is 0 Å². The van der Waals surface area contributed by atoms with Crippen LogP contribution >= 0.6 is 0 Å². The highest BCUT2D eigenvalue weighted by Gasteiger charge is 2.51. The second-order valence-corrected chi connectivity index (χ2v) is 3.81. The lowest BCUT2D eigenvalue weighted by molar-refractivity contribution is 0.00438.